The standard InChI is InChI=1S/C17H27N5S.HI/c1-5-18-17(21(4)12-15-6-9-23-13-15)20-10-16-19-7-8-22(16)11-14(2)3;/h6-9,13-14H,5,10-12H2,1-4H3,(H,18,20);1H. The van der Waals surface area contributed by atoms with E-state index in [2.05, 4.69) is 64.4 Å². The molecule has 2 aromatic rings. The van der Waals surface area contributed by atoms with Crippen molar-refractivity contribution in [2.24, 2.45) is 10.9 Å². The molecule has 0 saturated carbocycles. The molecule has 0 fully saturated rings. The lowest BCUT2D eigenvalue weighted by molar-refractivity contribution is 0.474. The zero-order valence-corrected chi connectivity index (χ0v) is 18.0. The fraction of sp³-hybridized carbons (Fsp3) is 0.529. The first kappa shape index (κ1) is 21.0. The number of guanidine groups is 1. The third-order valence-electron chi connectivity index (χ3n) is 3.43. The Morgan fingerprint density at radius 2 is 2.25 bits per heavy atom. The van der Waals surface area contributed by atoms with E-state index < -0.39 is 0 Å². The molecule has 0 amide bonds. The summed E-state index contributed by atoms with van der Waals surface area (Å²) in [5.74, 6) is 2.53. The molecule has 1 N–H and O–H groups in total. The Bertz CT molecular complexity index is 606. The average molecular weight is 461 g/mol. The number of halogens is 1. The van der Waals surface area contributed by atoms with Crippen LogP contribution < -0.4 is 5.32 Å². The number of hydrogen-bond acceptors (Lipinski definition) is 3. The van der Waals surface area contributed by atoms with Gasteiger partial charge in [0.05, 0.1) is 0 Å². The highest BCUT2D eigenvalue weighted by Gasteiger charge is 2.09. The predicted octanol–water partition coefficient (Wildman–Crippen LogP) is 3.82. The van der Waals surface area contributed by atoms with Crippen molar-refractivity contribution in [2.45, 2.75) is 40.4 Å². The summed E-state index contributed by atoms with van der Waals surface area (Å²) in [7, 11) is 2.07. The average Bonchev–Trinajstić information content (AvgIpc) is 3.15. The van der Waals surface area contributed by atoms with Crippen LogP contribution in [0.25, 0.3) is 0 Å². The number of aromatic nitrogens is 2. The molecule has 2 heterocycles. The first-order valence-electron chi connectivity index (χ1n) is 8.10. The first-order chi connectivity index (χ1) is 11.1. The van der Waals surface area contributed by atoms with Gasteiger partial charge in [-0.2, -0.15) is 11.3 Å². The van der Waals surface area contributed by atoms with Crippen molar-refractivity contribution in [2.75, 3.05) is 13.6 Å². The molecule has 7 heteroatoms. The highest BCUT2D eigenvalue weighted by atomic mass is 127. The molecular formula is C17H28IN5S. The van der Waals surface area contributed by atoms with Gasteiger partial charge in [0.15, 0.2) is 5.96 Å². The van der Waals surface area contributed by atoms with Crippen molar-refractivity contribution in [3.05, 3.63) is 40.6 Å². The van der Waals surface area contributed by atoms with Crippen molar-refractivity contribution < 1.29 is 0 Å². The van der Waals surface area contributed by atoms with Gasteiger partial charge >= 0.3 is 0 Å². The summed E-state index contributed by atoms with van der Waals surface area (Å²) in [6, 6.07) is 2.15. The Hall–Kier alpha value is -1.09. The zero-order chi connectivity index (χ0) is 16.7. The quantitative estimate of drug-likeness (QED) is 0.388. The SMILES string of the molecule is CCNC(=NCc1nccn1CC(C)C)N(C)Cc1ccsc1.I. The van der Waals surface area contributed by atoms with E-state index in [0.717, 1.165) is 31.4 Å². The Kier molecular flexibility index (Phi) is 9.35. The molecule has 5 nitrogen and oxygen atoms in total. The van der Waals surface area contributed by atoms with Crippen molar-refractivity contribution in [3.63, 3.8) is 0 Å². The lowest BCUT2D eigenvalue weighted by atomic mass is 10.2. The Balaban J connectivity index is 0.00000288. The van der Waals surface area contributed by atoms with Crippen LogP contribution in [0.2, 0.25) is 0 Å². The van der Waals surface area contributed by atoms with Gasteiger partial charge in [-0.3, -0.25) is 0 Å². The van der Waals surface area contributed by atoms with Gasteiger partial charge in [0.25, 0.3) is 0 Å². The molecule has 0 bridgehead atoms. The summed E-state index contributed by atoms with van der Waals surface area (Å²) in [6.45, 7) is 9.80. The summed E-state index contributed by atoms with van der Waals surface area (Å²) in [5, 5.41) is 7.64. The summed E-state index contributed by atoms with van der Waals surface area (Å²) < 4.78 is 2.19. The van der Waals surface area contributed by atoms with Gasteiger partial charge in [-0.05, 0) is 35.2 Å². The van der Waals surface area contributed by atoms with Crippen LogP contribution in [0.15, 0.2) is 34.2 Å². The van der Waals surface area contributed by atoms with Crippen LogP contribution in [0.5, 0.6) is 0 Å². The second-order valence-corrected chi connectivity index (χ2v) is 6.83. The maximum atomic E-state index is 4.76. The number of nitrogens with one attached hydrogen (secondary N) is 1. The molecule has 0 saturated heterocycles. The molecule has 0 aliphatic rings. The van der Waals surface area contributed by atoms with Crippen molar-refractivity contribution in [3.8, 4) is 0 Å². The highest BCUT2D eigenvalue weighted by Crippen LogP contribution is 2.09. The summed E-state index contributed by atoms with van der Waals surface area (Å²) in [5.41, 5.74) is 1.31. The van der Waals surface area contributed by atoms with E-state index in [1.165, 1.54) is 5.56 Å². The number of imidazole rings is 1. The predicted molar refractivity (Wildman–Crippen MR) is 113 cm³/mol. The molecule has 0 aliphatic heterocycles. The fourth-order valence-electron chi connectivity index (χ4n) is 2.40. The van der Waals surface area contributed by atoms with Crippen LogP contribution >= 0.6 is 35.3 Å². The van der Waals surface area contributed by atoms with Gasteiger partial charge in [0.2, 0.25) is 0 Å². The summed E-state index contributed by atoms with van der Waals surface area (Å²) in [4.78, 5) is 11.4. The molecule has 0 aromatic carbocycles. The monoisotopic (exact) mass is 461 g/mol. The van der Waals surface area contributed by atoms with E-state index in [4.69, 9.17) is 4.99 Å². The highest BCUT2D eigenvalue weighted by molar-refractivity contribution is 14.0. The minimum absolute atomic E-state index is 0. The fourth-order valence-corrected chi connectivity index (χ4v) is 3.06. The van der Waals surface area contributed by atoms with Gasteiger partial charge in [-0.1, -0.05) is 13.8 Å². The van der Waals surface area contributed by atoms with Crippen LogP contribution in [-0.4, -0.2) is 34.0 Å². The minimum Gasteiger partial charge on any atom is -0.357 e. The van der Waals surface area contributed by atoms with Gasteiger partial charge in [0.1, 0.15) is 12.4 Å². The Morgan fingerprint density at radius 1 is 1.46 bits per heavy atom. The molecule has 0 unspecified atom stereocenters. The molecule has 24 heavy (non-hydrogen) atoms. The van der Waals surface area contributed by atoms with Crippen molar-refractivity contribution in [1.29, 1.82) is 0 Å². The van der Waals surface area contributed by atoms with Gasteiger partial charge < -0.3 is 14.8 Å². The number of thiophene rings is 1. The van der Waals surface area contributed by atoms with E-state index in [1.807, 2.05) is 12.4 Å². The molecule has 2 aromatic heterocycles. The smallest absolute Gasteiger partial charge is 0.194 e. The number of hydrogen-bond donors (Lipinski definition) is 1. The van der Waals surface area contributed by atoms with E-state index in [9.17, 15) is 0 Å². The zero-order valence-electron chi connectivity index (χ0n) is 14.9. The third kappa shape index (κ3) is 6.43. The van der Waals surface area contributed by atoms with Crippen LogP contribution in [0, 0.1) is 5.92 Å². The van der Waals surface area contributed by atoms with E-state index in [1.54, 1.807) is 11.3 Å². The number of nitrogens with zero attached hydrogens (tertiary/aromatic N) is 4. The molecule has 2 rings (SSSR count). The van der Waals surface area contributed by atoms with Gasteiger partial charge in [0, 0.05) is 39.1 Å². The lowest BCUT2D eigenvalue weighted by Gasteiger charge is -2.21. The topological polar surface area (TPSA) is 45.5 Å². The molecule has 0 aliphatic carbocycles. The third-order valence-corrected chi connectivity index (χ3v) is 4.16. The van der Waals surface area contributed by atoms with Gasteiger partial charge in [-0.25, -0.2) is 9.98 Å². The maximum Gasteiger partial charge on any atom is 0.194 e. The number of aliphatic imine (C=N–C) groups is 1. The molecule has 0 spiro atoms. The first-order valence-corrected chi connectivity index (χ1v) is 9.05. The van der Waals surface area contributed by atoms with Crippen LogP contribution in [0.4, 0.5) is 0 Å². The summed E-state index contributed by atoms with van der Waals surface area (Å²) >= 11 is 1.73. The molecular weight excluding hydrogens is 433 g/mol. The molecule has 0 radical (unpaired) electrons. The second kappa shape index (κ2) is 10.7. The molecule has 0 atom stereocenters. The van der Waals surface area contributed by atoms with E-state index >= 15 is 0 Å². The van der Waals surface area contributed by atoms with Crippen LogP contribution in [0.1, 0.15) is 32.2 Å². The minimum atomic E-state index is 0. The second-order valence-electron chi connectivity index (χ2n) is 6.05. The van der Waals surface area contributed by atoms with Crippen LogP contribution in [-0.2, 0) is 19.6 Å². The van der Waals surface area contributed by atoms with Gasteiger partial charge in [-0.15, -0.1) is 24.0 Å². The Labute approximate surface area is 166 Å². The van der Waals surface area contributed by atoms with E-state index in [-0.39, 0.29) is 24.0 Å². The lowest BCUT2D eigenvalue weighted by Crippen LogP contribution is -2.38. The largest absolute Gasteiger partial charge is 0.357 e. The molecule has 134 valence electrons. The Morgan fingerprint density at radius 3 is 2.88 bits per heavy atom. The normalized spacial score (nSPS) is 11.5. The number of rotatable bonds is 7. The van der Waals surface area contributed by atoms with Crippen LogP contribution in [0.3, 0.4) is 0 Å². The van der Waals surface area contributed by atoms with Crippen molar-refractivity contribution >= 4 is 41.3 Å². The van der Waals surface area contributed by atoms with Crippen molar-refractivity contribution in [1.82, 2.24) is 19.8 Å². The summed E-state index contributed by atoms with van der Waals surface area (Å²) in [6.07, 6.45) is 3.89. The maximum absolute atomic E-state index is 4.76. The van der Waals surface area contributed by atoms with E-state index in [0.29, 0.717) is 12.5 Å².